The van der Waals surface area contributed by atoms with Gasteiger partial charge in [-0.3, -0.25) is 33.7 Å². The lowest BCUT2D eigenvalue weighted by Crippen LogP contribution is -2.65. The highest BCUT2D eigenvalue weighted by molar-refractivity contribution is 6.24. The first kappa shape index (κ1) is 37.7. The van der Waals surface area contributed by atoms with Crippen LogP contribution in [0.4, 0.5) is 11.4 Å². The fourth-order valence-corrected chi connectivity index (χ4v) is 6.77. The van der Waals surface area contributed by atoms with E-state index < -0.39 is 69.7 Å². The van der Waals surface area contributed by atoms with Gasteiger partial charge in [-0.05, 0) is 89.6 Å². The summed E-state index contributed by atoms with van der Waals surface area (Å²) < 4.78 is 0. The van der Waals surface area contributed by atoms with Crippen LogP contribution in [-0.2, 0) is 35.2 Å². The van der Waals surface area contributed by atoms with Gasteiger partial charge in [-0.15, -0.1) is 0 Å². The van der Waals surface area contributed by atoms with Crippen molar-refractivity contribution in [1.82, 2.24) is 10.2 Å². The van der Waals surface area contributed by atoms with Gasteiger partial charge in [-0.2, -0.15) is 0 Å². The van der Waals surface area contributed by atoms with Crippen molar-refractivity contribution >= 4 is 52.1 Å². The molecule has 0 aliphatic heterocycles. The van der Waals surface area contributed by atoms with Crippen molar-refractivity contribution < 1.29 is 49.2 Å². The largest absolute Gasteiger partial charge is 0.508 e. The van der Waals surface area contributed by atoms with Crippen LogP contribution in [0.5, 0.6) is 5.75 Å². The molecular weight excluding hydrogens is 650 g/mol. The normalized spacial score (nSPS) is 24.4. The summed E-state index contributed by atoms with van der Waals surface area (Å²) in [7, 11) is 6.58. The Morgan fingerprint density at radius 1 is 0.980 bits per heavy atom. The number of ketones is 4. The first-order valence-electron chi connectivity index (χ1n) is 15.8. The lowest BCUT2D eigenvalue weighted by atomic mass is 9.57. The zero-order chi connectivity index (χ0) is 37.6. The molecule has 2 amide bonds. The summed E-state index contributed by atoms with van der Waals surface area (Å²) in [5, 5.41) is 51.3. The molecule has 4 atom stereocenters. The summed E-state index contributed by atoms with van der Waals surface area (Å²) in [5.41, 5.74) is 2.11. The fourth-order valence-electron chi connectivity index (χ4n) is 6.77. The van der Waals surface area contributed by atoms with Crippen molar-refractivity contribution in [3.8, 4) is 5.75 Å². The second-order valence-corrected chi connectivity index (χ2v) is 14.1. The molecule has 8 N–H and O–H groups in total. The third-order valence-corrected chi connectivity index (χ3v) is 9.06. The summed E-state index contributed by atoms with van der Waals surface area (Å²) >= 11 is 0. The van der Waals surface area contributed by atoms with Crippen LogP contribution < -0.4 is 21.3 Å². The molecule has 15 nitrogen and oxygen atoms in total. The maximum Gasteiger partial charge on any atom is 0.255 e. The molecule has 0 radical (unpaired) electrons. The minimum absolute atomic E-state index is 0.00158. The molecule has 0 bridgehead atoms. The number of nitrogens with one attached hydrogen (secondary N) is 2. The molecule has 15 heteroatoms. The maximum atomic E-state index is 14.0. The fraction of sp³-hybridized carbons (Fsp3) is 0.429. The number of anilines is 2. The number of phenols is 1. The number of aliphatic hydroxyl groups excluding tert-OH is 2. The number of likely N-dealkylation sites (N-methyl/N-ethyl adjacent to an activating group) is 1. The monoisotopic (exact) mass is 693 g/mol. The standard InChI is InChI=1S/C29H39N5O8.C6H4O2/c1-28(2,3)31-11-17(35)32-15-10-16(33(4)5)13-8-12-9-14-21(34(6)7)24(38)20(27(30)41)26(40)29(14,42)25(39)18(12)23(37)19(13)22(15)36;7-5-1-2-6(8)4-3-5/h10,12,14,21,31,36-37,40,42H,8-9,11H2,1-7H3,(H2,30,41)(H,32,35);1-4H/t12-,14-,21-,29-;/m0./s1. The number of rotatable bonds is 6. The van der Waals surface area contributed by atoms with Gasteiger partial charge in [0.2, 0.25) is 11.7 Å². The molecule has 1 aromatic carbocycles. The molecule has 0 heterocycles. The van der Waals surface area contributed by atoms with E-state index in [1.807, 2.05) is 20.8 Å². The Morgan fingerprint density at radius 3 is 2.02 bits per heavy atom. The number of aromatic hydroxyl groups is 1. The third kappa shape index (κ3) is 6.84. The Bertz CT molecular complexity index is 1780. The molecule has 1 fully saturated rings. The number of aliphatic hydroxyl groups is 3. The molecule has 1 saturated carbocycles. The van der Waals surface area contributed by atoms with Crippen LogP contribution >= 0.6 is 0 Å². The van der Waals surface area contributed by atoms with Crippen LogP contribution in [0.3, 0.4) is 0 Å². The van der Waals surface area contributed by atoms with Gasteiger partial charge in [-0.1, -0.05) is 0 Å². The minimum atomic E-state index is -2.73. The number of hydrogen-bond donors (Lipinski definition) is 7. The quantitative estimate of drug-likeness (QED) is 0.123. The van der Waals surface area contributed by atoms with Gasteiger partial charge in [0.1, 0.15) is 22.8 Å². The Kier molecular flexibility index (Phi) is 10.3. The lowest BCUT2D eigenvalue weighted by molar-refractivity contribution is -0.153. The average Bonchev–Trinajstić information content (AvgIpc) is 3.00. The number of phenolic OH excluding ortho intramolecular Hbond substituents is 1. The van der Waals surface area contributed by atoms with E-state index in [4.69, 9.17) is 5.73 Å². The van der Waals surface area contributed by atoms with Crippen LogP contribution in [0.15, 0.2) is 47.3 Å². The van der Waals surface area contributed by atoms with E-state index in [-0.39, 0.29) is 53.3 Å². The summed E-state index contributed by atoms with van der Waals surface area (Å²) in [6, 6.07) is 0.409. The predicted octanol–water partition coefficient (Wildman–Crippen LogP) is 0.607. The van der Waals surface area contributed by atoms with Gasteiger partial charge in [0, 0.05) is 36.8 Å². The van der Waals surface area contributed by atoms with Crippen molar-refractivity contribution in [1.29, 1.82) is 0 Å². The van der Waals surface area contributed by atoms with E-state index in [1.54, 1.807) is 39.2 Å². The number of fused-ring (bicyclic) bond motifs is 3. The highest BCUT2D eigenvalue weighted by Gasteiger charge is 2.64. The minimum Gasteiger partial charge on any atom is -0.508 e. The van der Waals surface area contributed by atoms with Gasteiger partial charge in [-0.25, -0.2) is 0 Å². The van der Waals surface area contributed by atoms with Crippen LogP contribution in [0, 0.1) is 11.8 Å². The average molecular weight is 694 g/mol. The van der Waals surface area contributed by atoms with Gasteiger partial charge < -0.3 is 41.7 Å². The molecular formula is C35H43N5O10. The second kappa shape index (κ2) is 13.7. The number of nitrogens with zero attached hydrogens (tertiary/aromatic N) is 2. The SMILES string of the molecule is CN(C)c1cc(NC(=O)CNC(C)(C)C)c(O)c2c1C[C@H]1C[C@H]3[C@H](N(C)C)C(=O)C(C(N)=O)=C(O)[C@@]3(O)C(=O)C1=C2O.O=C1C=CC(=O)C=C1. The smallest absolute Gasteiger partial charge is 0.255 e. The Hall–Kier alpha value is -5.12. The Morgan fingerprint density at radius 2 is 1.54 bits per heavy atom. The van der Waals surface area contributed by atoms with E-state index in [0.717, 1.165) is 0 Å². The predicted molar refractivity (Wildman–Crippen MR) is 183 cm³/mol. The lowest BCUT2D eigenvalue weighted by Gasteiger charge is -2.50. The molecule has 0 unspecified atom stereocenters. The van der Waals surface area contributed by atoms with Gasteiger partial charge in [0.15, 0.2) is 23.0 Å². The third-order valence-electron chi connectivity index (χ3n) is 9.06. The zero-order valence-corrected chi connectivity index (χ0v) is 29.0. The number of carbonyl (C=O) groups excluding carboxylic acids is 6. The van der Waals surface area contributed by atoms with Gasteiger partial charge in [0.05, 0.1) is 23.8 Å². The molecule has 5 rings (SSSR count). The highest BCUT2D eigenvalue weighted by atomic mass is 16.3. The number of Topliss-reactive ketones (excluding diaryl/α,β-unsaturated/α-hetero) is 2. The summed E-state index contributed by atoms with van der Waals surface area (Å²) in [6.07, 6.45) is 5.13. The van der Waals surface area contributed by atoms with Crippen molar-refractivity contribution in [2.45, 2.75) is 50.8 Å². The van der Waals surface area contributed by atoms with E-state index in [9.17, 15) is 49.2 Å². The molecule has 0 saturated heterocycles. The Labute approximate surface area is 288 Å². The summed E-state index contributed by atoms with van der Waals surface area (Å²) in [6.45, 7) is 5.62. The number of hydrogen-bond acceptors (Lipinski definition) is 13. The van der Waals surface area contributed by atoms with Crippen LogP contribution in [0.25, 0.3) is 5.76 Å². The van der Waals surface area contributed by atoms with Crippen LogP contribution in [-0.4, -0.2) is 112 Å². The van der Waals surface area contributed by atoms with Crippen molar-refractivity contribution in [3.63, 3.8) is 0 Å². The Balaban J connectivity index is 0.000000616. The molecule has 1 aromatic rings. The first-order chi connectivity index (χ1) is 23.1. The number of allylic oxidation sites excluding steroid dienone is 4. The van der Waals surface area contributed by atoms with E-state index in [0.29, 0.717) is 11.3 Å². The molecule has 0 spiro atoms. The molecule has 0 aromatic heterocycles. The van der Waals surface area contributed by atoms with Crippen molar-refractivity contribution in [2.75, 3.05) is 45.0 Å². The number of carbonyl (C=O) groups is 6. The summed E-state index contributed by atoms with van der Waals surface area (Å²) in [5.74, 6) is -8.03. The zero-order valence-electron chi connectivity index (χ0n) is 29.0. The topological polar surface area (TPSA) is 240 Å². The van der Waals surface area contributed by atoms with Crippen molar-refractivity contribution in [3.05, 3.63) is 58.4 Å². The maximum absolute atomic E-state index is 14.0. The van der Waals surface area contributed by atoms with Gasteiger partial charge >= 0.3 is 0 Å². The summed E-state index contributed by atoms with van der Waals surface area (Å²) in [4.78, 5) is 75.9. The van der Waals surface area contributed by atoms with Gasteiger partial charge in [0.25, 0.3) is 5.91 Å². The molecule has 4 aliphatic carbocycles. The first-order valence-corrected chi connectivity index (χ1v) is 15.8. The molecule has 268 valence electrons. The second-order valence-electron chi connectivity index (χ2n) is 14.1. The van der Waals surface area contributed by atoms with Crippen LogP contribution in [0.2, 0.25) is 0 Å². The van der Waals surface area contributed by atoms with E-state index >= 15 is 0 Å². The number of benzene rings is 1. The number of primary amides is 1. The highest BCUT2D eigenvalue weighted by Crippen LogP contribution is 2.54. The molecule has 50 heavy (non-hydrogen) atoms. The van der Waals surface area contributed by atoms with Crippen LogP contribution in [0.1, 0.15) is 38.3 Å². The number of nitrogens with two attached hydrogens (primary N) is 1. The number of amides is 2. The van der Waals surface area contributed by atoms with E-state index in [2.05, 4.69) is 10.6 Å². The molecule has 4 aliphatic rings. The van der Waals surface area contributed by atoms with E-state index in [1.165, 1.54) is 29.2 Å². The van der Waals surface area contributed by atoms with Crippen molar-refractivity contribution in [2.24, 2.45) is 17.6 Å².